The summed E-state index contributed by atoms with van der Waals surface area (Å²) in [6, 6.07) is 38.6. The van der Waals surface area contributed by atoms with E-state index in [9.17, 15) is 14.4 Å². The van der Waals surface area contributed by atoms with E-state index in [1.54, 1.807) is 18.2 Å². The van der Waals surface area contributed by atoms with Gasteiger partial charge in [0, 0.05) is 41.2 Å². The Morgan fingerprint density at radius 2 is 1.32 bits per heavy atom. The van der Waals surface area contributed by atoms with Crippen molar-refractivity contribution in [2.75, 3.05) is 22.9 Å². The van der Waals surface area contributed by atoms with Crippen molar-refractivity contribution < 1.29 is 19.1 Å². The van der Waals surface area contributed by atoms with Gasteiger partial charge in [-0.1, -0.05) is 103 Å². The number of carbonyl (C=O) groups excluding carboxylic acids is 3. The number of anilines is 2. The Labute approximate surface area is 295 Å². The molecule has 248 valence electrons. The van der Waals surface area contributed by atoms with Crippen LogP contribution in [0.1, 0.15) is 58.1 Å². The Morgan fingerprint density at radius 3 is 1.92 bits per heavy atom. The molecule has 3 aliphatic heterocycles. The second-order valence-electron chi connectivity index (χ2n) is 12.9. The van der Waals surface area contributed by atoms with Crippen LogP contribution in [0.15, 0.2) is 127 Å². The Hall–Kier alpha value is -5.66. The first kappa shape index (κ1) is 31.6. The van der Waals surface area contributed by atoms with E-state index in [4.69, 9.17) is 16.3 Å². The Kier molecular flexibility index (Phi) is 8.43. The normalized spacial score (nSPS) is 19.3. The van der Waals surface area contributed by atoms with Crippen molar-refractivity contribution in [2.45, 2.75) is 31.3 Å². The van der Waals surface area contributed by atoms with Crippen LogP contribution in [0.4, 0.5) is 16.2 Å². The molecule has 0 saturated carbocycles. The summed E-state index contributed by atoms with van der Waals surface area (Å²) in [6.45, 7) is 2.11. The highest BCUT2D eigenvalue weighted by molar-refractivity contribution is 6.39. The van der Waals surface area contributed by atoms with Crippen LogP contribution < -0.4 is 19.9 Å². The van der Waals surface area contributed by atoms with Crippen LogP contribution in [0.3, 0.4) is 0 Å². The molecule has 0 aliphatic carbocycles. The largest absolute Gasteiger partial charge is 0.488 e. The van der Waals surface area contributed by atoms with Gasteiger partial charge in [-0.05, 0) is 77.1 Å². The van der Waals surface area contributed by atoms with Crippen LogP contribution in [-0.2, 0) is 16.2 Å². The van der Waals surface area contributed by atoms with Crippen LogP contribution in [0, 0.1) is 0 Å². The van der Waals surface area contributed by atoms with Crippen LogP contribution in [0.5, 0.6) is 5.75 Å². The molecule has 3 aliphatic rings. The molecule has 5 aromatic rings. The van der Waals surface area contributed by atoms with Gasteiger partial charge in [0.15, 0.2) is 0 Å². The molecule has 7 nitrogen and oxygen atoms in total. The molecule has 5 aromatic carbocycles. The molecule has 3 heterocycles. The summed E-state index contributed by atoms with van der Waals surface area (Å²) in [4.78, 5) is 44.9. The fraction of sp³-hybridized carbons (Fsp3) is 0.167. The molecule has 4 amide bonds. The molecule has 8 heteroatoms. The predicted molar refractivity (Wildman–Crippen MR) is 196 cm³/mol. The van der Waals surface area contributed by atoms with Gasteiger partial charge in [-0.2, -0.15) is 0 Å². The average Bonchev–Trinajstić information content (AvgIpc) is 3.14. The van der Waals surface area contributed by atoms with Crippen molar-refractivity contribution in [3.8, 4) is 5.75 Å². The molecule has 1 saturated heterocycles. The third-order valence-electron chi connectivity index (χ3n) is 9.87. The van der Waals surface area contributed by atoms with Crippen molar-refractivity contribution in [1.82, 2.24) is 5.32 Å². The minimum Gasteiger partial charge on any atom is -0.488 e. The number of barbiturate groups is 1. The van der Waals surface area contributed by atoms with Crippen molar-refractivity contribution in [2.24, 2.45) is 0 Å². The van der Waals surface area contributed by atoms with Crippen LogP contribution >= 0.6 is 11.6 Å². The first-order valence-corrected chi connectivity index (χ1v) is 17.2. The molecule has 8 rings (SSSR count). The molecule has 1 fully saturated rings. The number of halogens is 1. The lowest BCUT2D eigenvalue weighted by atomic mass is 9.76. The van der Waals surface area contributed by atoms with Crippen molar-refractivity contribution in [3.05, 3.63) is 165 Å². The van der Waals surface area contributed by atoms with Gasteiger partial charge in [-0.3, -0.25) is 14.9 Å². The lowest BCUT2D eigenvalue weighted by molar-refractivity contribution is -0.122. The maximum absolute atomic E-state index is 14.4. The number of rotatable bonds is 7. The van der Waals surface area contributed by atoms with Gasteiger partial charge >= 0.3 is 6.03 Å². The van der Waals surface area contributed by atoms with E-state index in [1.165, 1.54) is 22.9 Å². The zero-order valence-electron chi connectivity index (χ0n) is 27.2. The summed E-state index contributed by atoms with van der Waals surface area (Å²) >= 11 is 6.38. The van der Waals surface area contributed by atoms with E-state index in [0.29, 0.717) is 22.0 Å². The molecule has 0 spiro atoms. The first-order chi connectivity index (χ1) is 24.4. The average molecular weight is 680 g/mol. The summed E-state index contributed by atoms with van der Waals surface area (Å²) in [5.41, 5.74) is 7.33. The zero-order valence-corrected chi connectivity index (χ0v) is 28.0. The van der Waals surface area contributed by atoms with Gasteiger partial charge in [0.25, 0.3) is 11.8 Å². The molecule has 0 radical (unpaired) electrons. The van der Waals surface area contributed by atoms with Gasteiger partial charge in [0.2, 0.25) is 0 Å². The molecule has 2 atom stereocenters. The number of carbonyl (C=O) groups is 3. The maximum Gasteiger partial charge on any atom is 0.335 e. The second-order valence-corrected chi connectivity index (χ2v) is 13.3. The molecule has 0 aromatic heterocycles. The quantitative estimate of drug-likeness (QED) is 0.138. The third-order valence-corrected chi connectivity index (χ3v) is 10.1. The number of amides is 4. The van der Waals surface area contributed by atoms with E-state index in [1.807, 2.05) is 78.9 Å². The van der Waals surface area contributed by atoms with Crippen molar-refractivity contribution >= 4 is 46.9 Å². The number of hydrogen-bond donors (Lipinski definition) is 1. The summed E-state index contributed by atoms with van der Waals surface area (Å²) < 4.78 is 6.11. The fourth-order valence-electron chi connectivity index (χ4n) is 7.51. The topological polar surface area (TPSA) is 79.0 Å². The van der Waals surface area contributed by atoms with E-state index in [0.717, 1.165) is 47.5 Å². The van der Waals surface area contributed by atoms with Gasteiger partial charge < -0.3 is 9.64 Å². The number of urea groups is 1. The van der Waals surface area contributed by atoms with Crippen LogP contribution in [0.25, 0.3) is 6.08 Å². The van der Waals surface area contributed by atoms with Crippen LogP contribution in [-0.4, -0.2) is 30.9 Å². The van der Waals surface area contributed by atoms with Crippen molar-refractivity contribution in [1.29, 1.82) is 0 Å². The Balaban J connectivity index is 1.23. The number of benzene rings is 5. The lowest BCUT2D eigenvalue weighted by Gasteiger charge is -2.44. The Morgan fingerprint density at radius 1 is 0.740 bits per heavy atom. The van der Waals surface area contributed by atoms with Crippen molar-refractivity contribution in [3.63, 3.8) is 0 Å². The minimum absolute atomic E-state index is 0.0750. The lowest BCUT2D eigenvalue weighted by Crippen LogP contribution is -2.54. The number of hydrogen-bond acceptors (Lipinski definition) is 5. The predicted octanol–water partition coefficient (Wildman–Crippen LogP) is 8.46. The highest BCUT2D eigenvalue weighted by Crippen LogP contribution is 2.50. The number of nitrogens with zero attached hydrogens (tertiary/aromatic N) is 2. The molecular formula is C42H34ClN3O4. The molecule has 0 unspecified atom stereocenters. The number of nitrogens with one attached hydrogen (secondary N) is 1. The monoisotopic (exact) mass is 679 g/mol. The maximum atomic E-state index is 14.4. The minimum atomic E-state index is -0.785. The second kappa shape index (κ2) is 13.3. The summed E-state index contributed by atoms with van der Waals surface area (Å²) in [6.07, 6.45) is 3.26. The van der Waals surface area contributed by atoms with Gasteiger partial charge in [0.05, 0.1) is 5.69 Å². The van der Waals surface area contributed by atoms with Gasteiger partial charge in [0.1, 0.15) is 17.9 Å². The smallest absolute Gasteiger partial charge is 0.335 e. The molecule has 50 heavy (non-hydrogen) atoms. The summed E-state index contributed by atoms with van der Waals surface area (Å²) in [5.74, 6) is -0.891. The standard InChI is InChI=1S/C42H34ClN3O4/c43-31-16-17-38(50-26-27-10-4-1-5-11-27)30(22-31)23-37-40(47)44-42(49)46(41(37)48)32-24-35-33(28-12-6-2-7-13-28)18-20-45-21-19-34(36(25-32)39(35)45)29-14-8-3-9-15-29/h1-17,22-25,33-34H,18-21,26H2,(H,44,47,49)/b37-23+/t33-,34+. The fourth-order valence-corrected chi connectivity index (χ4v) is 7.70. The van der Waals surface area contributed by atoms with Gasteiger partial charge in [-0.25, -0.2) is 9.69 Å². The molecule has 1 N–H and O–H groups in total. The molecular weight excluding hydrogens is 646 g/mol. The number of imide groups is 2. The van der Waals surface area contributed by atoms with E-state index < -0.39 is 17.8 Å². The van der Waals surface area contributed by atoms with E-state index >= 15 is 0 Å². The first-order valence-electron chi connectivity index (χ1n) is 16.8. The Bertz CT molecular complexity index is 2060. The van der Waals surface area contributed by atoms with Crippen LogP contribution in [0.2, 0.25) is 5.02 Å². The van der Waals surface area contributed by atoms with Gasteiger partial charge in [-0.15, -0.1) is 0 Å². The van der Waals surface area contributed by atoms with E-state index in [2.05, 4.69) is 34.5 Å². The van der Waals surface area contributed by atoms with E-state index in [-0.39, 0.29) is 24.0 Å². The summed E-state index contributed by atoms with van der Waals surface area (Å²) in [7, 11) is 0. The highest BCUT2D eigenvalue weighted by Gasteiger charge is 2.40. The zero-order chi connectivity index (χ0) is 34.2. The number of ether oxygens (including phenoxy) is 1. The SMILES string of the molecule is O=C1NC(=O)N(c2cc3c4c(c2)[C@H](c2ccccc2)CCN4CC[C@@H]3c2ccccc2)C(=O)/C1=C/c1cc(Cl)ccc1OCc1ccccc1. The summed E-state index contributed by atoms with van der Waals surface area (Å²) in [5, 5.41) is 2.84. The highest BCUT2D eigenvalue weighted by atomic mass is 35.5. The third kappa shape index (κ3) is 5.94. The molecule has 0 bridgehead atoms.